The second-order valence-electron chi connectivity index (χ2n) is 3.78. The number of hydrogen-bond acceptors (Lipinski definition) is 2. The zero-order valence-electron chi connectivity index (χ0n) is 10.1. The third-order valence-electron chi connectivity index (χ3n) is 2.58. The van der Waals surface area contributed by atoms with E-state index in [1.165, 1.54) is 0 Å². The molecule has 0 fully saturated rings. The number of hydrogen-bond donors (Lipinski definition) is 2. The van der Waals surface area contributed by atoms with E-state index in [9.17, 15) is 10.2 Å². The molecular weight excluding hydrogens is 319 g/mol. The summed E-state index contributed by atoms with van der Waals surface area (Å²) in [6.45, 7) is 0. The van der Waals surface area contributed by atoms with Gasteiger partial charge in [0.15, 0.2) is 0 Å². The van der Waals surface area contributed by atoms with Gasteiger partial charge in [-0.25, -0.2) is 0 Å². The van der Waals surface area contributed by atoms with Crippen molar-refractivity contribution in [3.05, 3.63) is 71.8 Å². The van der Waals surface area contributed by atoms with Crippen LogP contribution in [0.4, 0.5) is 0 Å². The summed E-state index contributed by atoms with van der Waals surface area (Å²) < 4.78 is 0. The second kappa shape index (κ2) is 9.54. The molecule has 100 valence electrons. The van der Waals surface area contributed by atoms with Crippen LogP contribution in [0.15, 0.2) is 60.7 Å². The second-order valence-corrected chi connectivity index (χ2v) is 6.36. The quantitative estimate of drug-likeness (QED) is 0.838. The van der Waals surface area contributed by atoms with Crippen LogP contribution in [0.5, 0.6) is 0 Å². The maximum atomic E-state index is 9.99. The Morgan fingerprint density at radius 3 is 1.21 bits per heavy atom. The number of aliphatic hydroxyl groups is 2. The molecule has 0 aliphatic heterocycles. The summed E-state index contributed by atoms with van der Waals surface area (Å²) in [5.74, 6) is 0. The molecule has 0 bridgehead atoms. The summed E-state index contributed by atoms with van der Waals surface area (Å²) in [4.78, 5) is 0. The van der Waals surface area contributed by atoms with Gasteiger partial charge in [-0.1, -0.05) is 60.7 Å². The molecule has 2 N–H and O–H groups in total. The van der Waals surface area contributed by atoms with Crippen molar-refractivity contribution < 1.29 is 27.2 Å². The van der Waals surface area contributed by atoms with E-state index < -0.39 is 29.2 Å². The van der Waals surface area contributed by atoms with Crippen LogP contribution < -0.4 is 0 Å². The molecule has 2 rings (SSSR count). The SMILES string of the molecule is O[C@H](c1ccccc1)[C@@H](O)c1ccccc1.[Cl][Ti][Cl]. The zero-order valence-corrected chi connectivity index (χ0v) is 13.2. The first-order chi connectivity index (χ1) is 9.20. The Labute approximate surface area is 129 Å². The van der Waals surface area contributed by atoms with E-state index in [-0.39, 0.29) is 0 Å². The van der Waals surface area contributed by atoms with Crippen LogP contribution >= 0.6 is 18.6 Å². The van der Waals surface area contributed by atoms with Crippen molar-refractivity contribution in [3.8, 4) is 0 Å². The molecule has 0 aliphatic rings. The van der Waals surface area contributed by atoms with Crippen molar-refractivity contribution in [3.63, 3.8) is 0 Å². The molecule has 0 radical (unpaired) electrons. The summed E-state index contributed by atoms with van der Waals surface area (Å²) in [5, 5.41) is 20.0. The maximum absolute atomic E-state index is 9.99. The van der Waals surface area contributed by atoms with Crippen LogP contribution in [-0.2, 0) is 17.0 Å². The van der Waals surface area contributed by atoms with E-state index in [0.29, 0.717) is 0 Å². The van der Waals surface area contributed by atoms with Crippen molar-refractivity contribution >= 4 is 18.6 Å². The van der Waals surface area contributed by atoms with E-state index in [1.807, 2.05) is 36.4 Å². The average Bonchev–Trinajstić information content (AvgIpc) is 2.48. The fourth-order valence-corrected chi connectivity index (χ4v) is 1.67. The Morgan fingerprint density at radius 1 is 0.684 bits per heavy atom. The van der Waals surface area contributed by atoms with Gasteiger partial charge >= 0.3 is 35.6 Å². The first-order valence-electron chi connectivity index (χ1n) is 5.63. The molecule has 0 saturated carbocycles. The molecule has 0 amide bonds. The topological polar surface area (TPSA) is 40.5 Å². The molecule has 2 nitrogen and oxygen atoms in total. The molecule has 0 heterocycles. The fraction of sp³-hybridized carbons (Fsp3) is 0.143. The zero-order chi connectivity index (χ0) is 14.1. The third kappa shape index (κ3) is 5.66. The Balaban J connectivity index is 0.000000550. The van der Waals surface area contributed by atoms with Gasteiger partial charge in [0.1, 0.15) is 12.2 Å². The van der Waals surface area contributed by atoms with E-state index in [4.69, 9.17) is 18.6 Å². The molecule has 19 heavy (non-hydrogen) atoms. The fourth-order valence-electron chi connectivity index (χ4n) is 1.67. The van der Waals surface area contributed by atoms with Crippen LogP contribution in [0, 0.1) is 0 Å². The number of rotatable bonds is 3. The Hall–Kier alpha value is -0.346. The summed E-state index contributed by atoms with van der Waals surface area (Å²) in [5.41, 5.74) is 1.44. The molecule has 0 unspecified atom stereocenters. The Bertz CT molecular complexity index is 410. The molecule has 0 saturated heterocycles. The molecule has 0 aromatic heterocycles. The van der Waals surface area contributed by atoms with Crippen molar-refractivity contribution in [2.24, 2.45) is 0 Å². The van der Waals surface area contributed by atoms with Gasteiger partial charge in [-0.05, 0) is 11.1 Å². The normalized spacial score (nSPS) is 12.8. The Kier molecular flexibility index (Phi) is 8.39. The van der Waals surface area contributed by atoms with Crippen molar-refractivity contribution in [2.75, 3.05) is 0 Å². The van der Waals surface area contributed by atoms with E-state index in [0.717, 1.165) is 11.1 Å². The monoisotopic (exact) mass is 332 g/mol. The van der Waals surface area contributed by atoms with Gasteiger partial charge in [0.2, 0.25) is 0 Å². The molecular formula is C14H14Cl2O2Ti. The van der Waals surface area contributed by atoms with E-state index >= 15 is 0 Å². The van der Waals surface area contributed by atoms with Gasteiger partial charge in [-0.3, -0.25) is 0 Å². The molecule has 2 aromatic carbocycles. The van der Waals surface area contributed by atoms with Crippen molar-refractivity contribution in [1.82, 2.24) is 0 Å². The minimum atomic E-state index is -0.886. The number of halogens is 2. The first-order valence-corrected chi connectivity index (χ1v) is 9.92. The average molecular weight is 333 g/mol. The van der Waals surface area contributed by atoms with Crippen molar-refractivity contribution in [1.29, 1.82) is 0 Å². The van der Waals surface area contributed by atoms with Crippen LogP contribution in [0.25, 0.3) is 0 Å². The molecule has 2 atom stereocenters. The Morgan fingerprint density at radius 2 is 0.947 bits per heavy atom. The van der Waals surface area contributed by atoms with Gasteiger partial charge in [-0.2, -0.15) is 0 Å². The predicted octanol–water partition coefficient (Wildman–Crippen LogP) is 3.83. The van der Waals surface area contributed by atoms with Crippen LogP contribution in [-0.4, -0.2) is 10.2 Å². The molecule has 5 heteroatoms. The van der Waals surface area contributed by atoms with Gasteiger partial charge in [0.05, 0.1) is 0 Å². The van der Waals surface area contributed by atoms with E-state index in [2.05, 4.69) is 0 Å². The molecule has 0 aliphatic carbocycles. The third-order valence-corrected chi connectivity index (χ3v) is 2.58. The molecule has 0 spiro atoms. The van der Waals surface area contributed by atoms with Crippen molar-refractivity contribution in [2.45, 2.75) is 12.2 Å². The van der Waals surface area contributed by atoms with Crippen LogP contribution in [0.3, 0.4) is 0 Å². The number of benzene rings is 2. The molecule has 2 aromatic rings. The van der Waals surface area contributed by atoms with Gasteiger partial charge < -0.3 is 10.2 Å². The van der Waals surface area contributed by atoms with Gasteiger partial charge in [0, 0.05) is 0 Å². The minimum absolute atomic E-state index is 0.556. The summed E-state index contributed by atoms with van der Waals surface area (Å²) in [6, 6.07) is 18.3. The summed E-state index contributed by atoms with van der Waals surface area (Å²) in [7, 11) is 9.78. The van der Waals surface area contributed by atoms with Gasteiger partial charge in [-0.15, -0.1) is 0 Å². The standard InChI is InChI=1S/C14H14O2.2ClH.Ti/c15-13(11-7-3-1-4-8-11)14(16)12-9-5-2-6-10-12;;;/h1-10,13-16H;2*1H;/q;;;+2/p-2/t13-,14+;;;. The predicted molar refractivity (Wildman–Crippen MR) is 74.5 cm³/mol. The van der Waals surface area contributed by atoms with E-state index in [1.54, 1.807) is 24.3 Å². The first kappa shape index (κ1) is 16.7. The number of aliphatic hydroxyl groups excluding tert-OH is 2. The summed E-state index contributed by atoms with van der Waals surface area (Å²) in [6.07, 6.45) is -1.77. The van der Waals surface area contributed by atoms with Crippen LogP contribution in [0.1, 0.15) is 23.3 Å². The van der Waals surface area contributed by atoms with Gasteiger partial charge in [0.25, 0.3) is 0 Å². The summed E-state index contributed by atoms with van der Waals surface area (Å²) >= 11 is -0.556. The van der Waals surface area contributed by atoms with Crippen LogP contribution in [0.2, 0.25) is 0 Å².